The molecule has 0 aromatic carbocycles. The third-order valence-electron chi connectivity index (χ3n) is 3.00. The SMILES string of the molecule is CC(C)COc1ncnc2[nH]cc(C=CC(=O)NCC(C)O)c12. The summed E-state index contributed by atoms with van der Waals surface area (Å²) in [6, 6.07) is 0. The summed E-state index contributed by atoms with van der Waals surface area (Å²) in [6.45, 7) is 6.49. The van der Waals surface area contributed by atoms with Gasteiger partial charge in [0.1, 0.15) is 12.0 Å². The van der Waals surface area contributed by atoms with E-state index in [0.717, 1.165) is 10.9 Å². The van der Waals surface area contributed by atoms with Gasteiger partial charge in [0.2, 0.25) is 11.8 Å². The molecule has 1 atom stereocenters. The Kier molecular flexibility index (Phi) is 5.70. The molecule has 0 saturated heterocycles. The number of carbonyl (C=O) groups is 1. The lowest BCUT2D eigenvalue weighted by molar-refractivity contribution is -0.116. The minimum Gasteiger partial charge on any atom is -0.477 e. The zero-order valence-electron chi connectivity index (χ0n) is 13.5. The summed E-state index contributed by atoms with van der Waals surface area (Å²) >= 11 is 0. The summed E-state index contributed by atoms with van der Waals surface area (Å²) < 4.78 is 5.73. The molecule has 23 heavy (non-hydrogen) atoms. The Hall–Kier alpha value is -2.41. The van der Waals surface area contributed by atoms with Gasteiger partial charge >= 0.3 is 0 Å². The van der Waals surface area contributed by atoms with E-state index in [-0.39, 0.29) is 12.5 Å². The van der Waals surface area contributed by atoms with Crippen LogP contribution in [0.3, 0.4) is 0 Å². The Bertz CT molecular complexity index is 692. The van der Waals surface area contributed by atoms with E-state index in [1.807, 2.05) is 0 Å². The number of ether oxygens (including phenoxy) is 1. The average Bonchev–Trinajstić information content (AvgIpc) is 2.92. The molecule has 0 aliphatic rings. The molecule has 0 aliphatic heterocycles. The van der Waals surface area contributed by atoms with Gasteiger partial charge in [-0.2, -0.15) is 0 Å². The average molecular weight is 318 g/mol. The molecule has 0 saturated carbocycles. The summed E-state index contributed by atoms with van der Waals surface area (Å²) in [5.41, 5.74) is 1.43. The van der Waals surface area contributed by atoms with Crippen LogP contribution < -0.4 is 10.1 Å². The summed E-state index contributed by atoms with van der Waals surface area (Å²) in [5.74, 6) is 0.597. The number of nitrogens with zero attached hydrogens (tertiary/aromatic N) is 2. The van der Waals surface area contributed by atoms with E-state index in [2.05, 4.69) is 34.1 Å². The van der Waals surface area contributed by atoms with E-state index in [1.165, 1.54) is 12.4 Å². The number of aliphatic hydroxyl groups is 1. The number of aromatic amines is 1. The van der Waals surface area contributed by atoms with Crippen LogP contribution in [0.4, 0.5) is 0 Å². The highest BCUT2D eigenvalue weighted by atomic mass is 16.5. The Balaban J connectivity index is 2.18. The summed E-state index contributed by atoms with van der Waals surface area (Å²) in [4.78, 5) is 23.1. The number of aliphatic hydroxyl groups excluding tert-OH is 1. The molecule has 7 heteroatoms. The minimum absolute atomic E-state index is 0.211. The molecule has 0 aliphatic carbocycles. The smallest absolute Gasteiger partial charge is 0.244 e. The maximum Gasteiger partial charge on any atom is 0.244 e. The van der Waals surface area contributed by atoms with E-state index in [0.29, 0.717) is 24.1 Å². The predicted molar refractivity (Wildman–Crippen MR) is 87.9 cm³/mol. The molecule has 0 radical (unpaired) electrons. The Morgan fingerprint density at radius 1 is 1.43 bits per heavy atom. The second kappa shape index (κ2) is 7.73. The van der Waals surface area contributed by atoms with Crippen LogP contribution in [0.5, 0.6) is 5.88 Å². The number of amides is 1. The standard InChI is InChI=1S/C16H22N4O3/c1-10(2)8-23-16-14-12(7-18-15(14)19-9-20-16)4-5-13(22)17-6-11(3)21/h4-5,7,9-11,21H,6,8H2,1-3H3,(H,17,22)(H,18,19,20). The fraction of sp³-hybridized carbons (Fsp3) is 0.438. The van der Waals surface area contributed by atoms with Gasteiger partial charge in [-0.1, -0.05) is 13.8 Å². The fourth-order valence-electron chi connectivity index (χ4n) is 1.92. The largest absolute Gasteiger partial charge is 0.477 e. The van der Waals surface area contributed by atoms with Gasteiger partial charge in [0.15, 0.2) is 0 Å². The molecule has 3 N–H and O–H groups in total. The van der Waals surface area contributed by atoms with Gasteiger partial charge < -0.3 is 20.1 Å². The Morgan fingerprint density at radius 3 is 2.91 bits per heavy atom. The molecule has 2 heterocycles. The van der Waals surface area contributed by atoms with Gasteiger partial charge in [0.25, 0.3) is 0 Å². The van der Waals surface area contributed by atoms with Gasteiger partial charge in [-0.15, -0.1) is 0 Å². The van der Waals surface area contributed by atoms with Gasteiger partial charge in [-0.05, 0) is 18.9 Å². The molecule has 0 fully saturated rings. The summed E-state index contributed by atoms with van der Waals surface area (Å²) in [5, 5.41) is 12.5. The van der Waals surface area contributed by atoms with E-state index in [1.54, 1.807) is 19.2 Å². The number of carbonyl (C=O) groups excluding carboxylic acids is 1. The van der Waals surface area contributed by atoms with Crippen molar-refractivity contribution in [2.75, 3.05) is 13.2 Å². The summed E-state index contributed by atoms with van der Waals surface area (Å²) in [6.07, 6.45) is 5.69. The van der Waals surface area contributed by atoms with Crippen molar-refractivity contribution in [1.82, 2.24) is 20.3 Å². The number of nitrogens with one attached hydrogen (secondary N) is 2. The van der Waals surface area contributed by atoms with E-state index < -0.39 is 6.10 Å². The number of hydrogen-bond acceptors (Lipinski definition) is 5. The van der Waals surface area contributed by atoms with Crippen molar-refractivity contribution in [3.8, 4) is 5.88 Å². The van der Waals surface area contributed by atoms with Crippen molar-refractivity contribution >= 4 is 23.0 Å². The van der Waals surface area contributed by atoms with Crippen molar-refractivity contribution in [2.45, 2.75) is 26.9 Å². The maximum atomic E-state index is 11.7. The van der Waals surface area contributed by atoms with Crippen molar-refractivity contribution in [3.05, 3.63) is 24.2 Å². The number of hydrogen-bond donors (Lipinski definition) is 3. The van der Waals surface area contributed by atoms with Crippen LogP contribution >= 0.6 is 0 Å². The number of H-pyrrole nitrogens is 1. The van der Waals surface area contributed by atoms with Crippen LogP contribution in [-0.4, -0.2) is 45.2 Å². The lowest BCUT2D eigenvalue weighted by Gasteiger charge is -2.08. The van der Waals surface area contributed by atoms with Crippen molar-refractivity contribution in [2.24, 2.45) is 5.92 Å². The van der Waals surface area contributed by atoms with Crippen LogP contribution in [0.25, 0.3) is 17.1 Å². The number of aromatic nitrogens is 3. The Labute approximate surface area is 134 Å². The lowest BCUT2D eigenvalue weighted by atomic mass is 10.2. The molecular formula is C16H22N4O3. The van der Waals surface area contributed by atoms with Gasteiger partial charge in [0, 0.05) is 24.4 Å². The van der Waals surface area contributed by atoms with Gasteiger partial charge in [0.05, 0.1) is 18.1 Å². The molecule has 0 bridgehead atoms. The first-order valence-electron chi connectivity index (χ1n) is 7.56. The highest BCUT2D eigenvalue weighted by Gasteiger charge is 2.11. The normalized spacial score (nSPS) is 12.9. The molecule has 2 aromatic rings. The van der Waals surface area contributed by atoms with Crippen molar-refractivity contribution < 1.29 is 14.6 Å². The first-order chi connectivity index (χ1) is 11.0. The third-order valence-corrected chi connectivity index (χ3v) is 3.00. The van der Waals surface area contributed by atoms with Crippen molar-refractivity contribution in [1.29, 1.82) is 0 Å². The third kappa shape index (κ3) is 4.79. The molecule has 7 nitrogen and oxygen atoms in total. The van der Waals surface area contributed by atoms with Crippen LogP contribution in [-0.2, 0) is 4.79 Å². The van der Waals surface area contributed by atoms with E-state index in [4.69, 9.17) is 9.84 Å². The summed E-state index contributed by atoms with van der Waals surface area (Å²) in [7, 11) is 0. The molecule has 1 unspecified atom stereocenters. The monoisotopic (exact) mass is 318 g/mol. The highest BCUT2D eigenvalue weighted by molar-refractivity contribution is 5.96. The maximum absolute atomic E-state index is 11.7. The quantitative estimate of drug-likeness (QED) is 0.672. The van der Waals surface area contributed by atoms with Crippen LogP contribution in [0, 0.1) is 5.92 Å². The number of fused-ring (bicyclic) bond motifs is 1. The van der Waals surface area contributed by atoms with E-state index in [9.17, 15) is 4.79 Å². The predicted octanol–water partition coefficient (Wildman–Crippen LogP) is 1.50. The molecule has 124 valence electrons. The van der Waals surface area contributed by atoms with Crippen LogP contribution in [0.15, 0.2) is 18.6 Å². The molecule has 2 rings (SSSR count). The number of rotatable bonds is 7. The van der Waals surface area contributed by atoms with Crippen LogP contribution in [0.2, 0.25) is 0 Å². The van der Waals surface area contributed by atoms with Crippen LogP contribution in [0.1, 0.15) is 26.3 Å². The van der Waals surface area contributed by atoms with Gasteiger partial charge in [-0.25, -0.2) is 9.97 Å². The highest BCUT2D eigenvalue weighted by Crippen LogP contribution is 2.26. The second-order valence-electron chi connectivity index (χ2n) is 5.78. The first kappa shape index (κ1) is 17.0. The molecule has 1 amide bonds. The lowest BCUT2D eigenvalue weighted by Crippen LogP contribution is -2.28. The second-order valence-corrected chi connectivity index (χ2v) is 5.78. The molecular weight excluding hydrogens is 296 g/mol. The topological polar surface area (TPSA) is 100 Å². The zero-order chi connectivity index (χ0) is 16.8. The zero-order valence-corrected chi connectivity index (χ0v) is 13.5. The van der Waals surface area contributed by atoms with Gasteiger partial charge in [-0.3, -0.25) is 4.79 Å². The molecule has 0 spiro atoms. The van der Waals surface area contributed by atoms with E-state index >= 15 is 0 Å². The Morgan fingerprint density at radius 2 is 2.22 bits per heavy atom. The fourth-order valence-corrected chi connectivity index (χ4v) is 1.92. The first-order valence-corrected chi connectivity index (χ1v) is 7.56. The van der Waals surface area contributed by atoms with Crippen molar-refractivity contribution in [3.63, 3.8) is 0 Å². The molecule has 2 aromatic heterocycles. The minimum atomic E-state index is -0.579.